The molecular weight excluding hydrogens is 286 g/mol. The SMILES string of the molecule is O=C(Br)NCc1ccc(Br)cc1. The van der Waals surface area contributed by atoms with Crippen LogP contribution in [0.2, 0.25) is 0 Å². The van der Waals surface area contributed by atoms with E-state index in [-0.39, 0.29) is 4.82 Å². The van der Waals surface area contributed by atoms with E-state index in [1.807, 2.05) is 24.3 Å². The van der Waals surface area contributed by atoms with Crippen LogP contribution in [0.25, 0.3) is 0 Å². The molecule has 0 fully saturated rings. The van der Waals surface area contributed by atoms with Gasteiger partial charge < -0.3 is 5.32 Å². The molecule has 0 unspecified atom stereocenters. The number of carbonyl (C=O) groups excluding carboxylic acids is 1. The summed E-state index contributed by atoms with van der Waals surface area (Å²) in [6, 6.07) is 7.78. The Morgan fingerprint density at radius 2 is 1.92 bits per heavy atom. The van der Waals surface area contributed by atoms with E-state index in [1.54, 1.807) is 0 Å². The summed E-state index contributed by atoms with van der Waals surface area (Å²) < 4.78 is 1.04. The van der Waals surface area contributed by atoms with Gasteiger partial charge in [-0.1, -0.05) is 28.1 Å². The Hall–Kier alpha value is -0.350. The number of rotatable bonds is 2. The van der Waals surface area contributed by atoms with Gasteiger partial charge in [-0.3, -0.25) is 4.79 Å². The van der Waals surface area contributed by atoms with Gasteiger partial charge in [0, 0.05) is 26.9 Å². The standard InChI is InChI=1S/C8H7Br2NO/c9-7-3-1-6(2-4-7)5-11-8(10)12/h1-4H,5H2,(H,11,12). The molecule has 64 valence electrons. The molecule has 0 atom stereocenters. The van der Waals surface area contributed by atoms with Gasteiger partial charge in [0.1, 0.15) is 0 Å². The summed E-state index contributed by atoms with van der Waals surface area (Å²) in [4.78, 5) is 10.3. The highest BCUT2D eigenvalue weighted by Crippen LogP contribution is 2.10. The fourth-order valence-electron chi connectivity index (χ4n) is 0.774. The third-order valence-electron chi connectivity index (χ3n) is 1.34. The van der Waals surface area contributed by atoms with Crippen LogP contribution in [-0.4, -0.2) is 4.82 Å². The van der Waals surface area contributed by atoms with Crippen LogP contribution in [0.3, 0.4) is 0 Å². The summed E-state index contributed by atoms with van der Waals surface area (Å²) in [5, 5.41) is 2.64. The maximum absolute atomic E-state index is 10.5. The normalized spacial score (nSPS) is 9.50. The number of benzene rings is 1. The summed E-state index contributed by atoms with van der Waals surface area (Å²) in [7, 11) is 0. The maximum Gasteiger partial charge on any atom is 0.287 e. The Bertz CT molecular complexity index is 271. The molecule has 1 aromatic carbocycles. The Morgan fingerprint density at radius 1 is 1.33 bits per heavy atom. The van der Waals surface area contributed by atoms with E-state index in [4.69, 9.17) is 0 Å². The Kier molecular flexibility index (Phi) is 3.75. The molecule has 1 rings (SSSR count). The Labute approximate surface area is 87.6 Å². The van der Waals surface area contributed by atoms with Crippen LogP contribution in [-0.2, 0) is 6.54 Å². The molecule has 1 amide bonds. The highest BCUT2D eigenvalue weighted by molar-refractivity contribution is 9.18. The van der Waals surface area contributed by atoms with Crippen molar-refractivity contribution in [3.63, 3.8) is 0 Å². The molecule has 0 aliphatic carbocycles. The first-order valence-electron chi connectivity index (χ1n) is 3.36. The van der Waals surface area contributed by atoms with Crippen LogP contribution in [0, 0.1) is 0 Å². The van der Waals surface area contributed by atoms with E-state index in [0.29, 0.717) is 6.54 Å². The van der Waals surface area contributed by atoms with Crippen molar-refractivity contribution in [3.05, 3.63) is 34.3 Å². The molecule has 4 heteroatoms. The average Bonchev–Trinajstić information content (AvgIpc) is 2.03. The quantitative estimate of drug-likeness (QED) is 0.659. The van der Waals surface area contributed by atoms with E-state index in [0.717, 1.165) is 10.0 Å². The minimum atomic E-state index is -0.189. The van der Waals surface area contributed by atoms with Gasteiger partial charge in [0.2, 0.25) is 0 Å². The lowest BCUT2D eigenvalue weighted by atomic mass is 10.2. The lowest BCUT2D eigenvalue weighted by Gasteiger charge is -2.00. The van der Waals surface area contributed by atoms with E-state index in [1.165, 1.54) is 0 Å². The number of carbonyl (C=O) groups is 1. The summed E-state index contributed by atoms with van der Waals surface area (Å²) in [6.45, 7) is 0.553. The lowest BCUT2D eigenvalue weighted by Crippen LogP contribution is -2.14. The molecule has 1 N–H and O–H groups in total. The minimum Gasteiger partial charge on any atom is -0.343 e. The molecule has 0 aromatic heterocycles. The topological polar surface area (TPSA) is 29.1 Å². The van der Waals surface area contributed by atoms with Gasteiger partial charge >= 0.3 is 0 Å². The van der Waals surface area contributed by atoms with Crippen molar-refractivity contribution >= 4 is 36.7 Å². The molecule has 0 aliphatic rings. The molecule has 1 aromatic rings. The van der Waals surface area contributed by atoms with Crippen molar-refractivity contribution in [2.45, 2.75) is 6.54 Å². The molecule has 0 aliphatic heterocycles. The minimum absolute atomic E-state index is 0.189. The van der Waals surface area contributed by atoms with E-state index < -0.39 is 0 Å². The van der Waals surface area contributed by atoms with Crippen LogP contribution in [0.4, 0.5) is 4.79 Å². The second-order valence-corrected chi connectivity index (χ2v) is 3.89. The number of hydrogen-bond acceptors (Lipinski definition) is 1. The van der Waals surface area contributed by atoms with Crippen molar-refractivity contribution < 1.29 is 4.79 Å². The molecule has 12 heavy (non-hydrogen) atoms. The third kappa shape index (κ3) is 3.36. The van der Waals surface area contributed by atoms with Crippen molar-refractivity contribution in [2.75, 3.05) is 0 Å². The second kappa shape index (κ2) is 4.62. The molecule has 0 saturated carbocycles. The number of hydrogen-bond donors (Lipinski definition) is 1. The first kappa shape index (κ1) is 9.74. The molecule has 0 bridgehead atoms. The van der Waals surface area contributed by atoms with Crippen LogP contribution in [0.5, 0.6) is 0 Å². The summed E-state index contributed by atoms with van der Waals surface area (Å²) in [6.07, 6.45) is 0. The van der Waals surface area contributed by atoms with Crippen LogP contribution >= 0.6 is 31.9 Å². The van der Waals surface area contributed by atoms with Crippen molar-refractivity contribution in [1.82, 2.24) is 5.32 Å². The molecule has 0 radical (unpaired) electrons. The zero-order chi connectivity index (χ0) is 8.97. The van der Waals surface area contributed by atoms with Gasteiger partial charge in [0.05, 0.1) is 0 Å². The number of nitrogens with one attached hydrogen (secondary N) is 1. The van der Waals surface area contributed by atoms with E-state index >= 15 is 0 Å². The zero-order valence-electron chi connectivity index (χ0n) is 6.18. The van der Waals surface area contributed by atoms with Crippen molar-refractivity contribution in [1.29, 1.82) is 0 Å². The van der Waals surface area contributed by atoms with Crippen molar-refractivity contribution in [3.8, 4) is 0 Å². The fraction of sp³-hybridized carbons (Fsp3) is 0.125. The first-order chi connectivity index (χ1) is 5.68. The van der Waals surface area contributed by atoms with Crippen LogP contribution in [0.1, 0.15) is 5.56 Å². The van der Waals surface area contributed by atoms with Gasteiger partial charge in [-0.2, -0.15) is 0 Å². The second-order valence-electron chi connectivity index (χ2n) is 2.25. The van der Waals surface area contributed by atoms with E-state index in [2.05, 4.69) is 37.2 Å². The maximum atomic E-state index is 10.5. The molecular formula is C8H7Br2NO. The fourth-order valence-corrected chi connectivity index (χ4v) is 1.18. The number of amides is 1. The summed E-state index contributed by atoms with van der Waals surface area (Å²) in [5.74, 6) is 0. The van der Waals surface area contributed by atoms with Crippen LogP contribution < -0.4 is 5.32 Å². The Morgan fingerprint density at radius 3 is 2.42 bits per heavy atom. The largest absolute Gasteiger partial charge is 0.343 e. The molecule has 0 heterocycles. The molecule has 0 saturated heterocycles. The van der Waals surface area contributed by atoms with Crippen molar-refractivity contribution in [2.24, 2.45) is 0 Å². The lowest BCUT2D eigenvalue weighted by molar-refractivity contribution is 0.261. The molecule has 2 nitrogen and oxygen atoms in total. The van der Waals surface area contributed by atoms with Gasteiger partial charge in [0.15, 0.2) is 0 Å². The van der Waals surface area contributed by atoms with E-state index in [9.17, 15) is 4.79 Å². The average molecular weight is 293 g/mol. The molecule has 0 spiro atoms. The Balaban J connectivity index is 2.53. The van der Waals surface area contributed by atoms with Crippen LogP contribution in [0.15, 0.2) is 28.7 Å². The third-order valence-corrected chi connectivity index (χ3v) is 2.15. The number of halogens is 2. The highest BCUT2D eigenvalue weighted by atomic mass is 79.9. The van der Waals surface area contributed by atoms with Gasteiger partial charge in [-0.05, 0) is 17.7 Å². The highest BCUT2D eigenvalue weighted by Gasteiger charge is 1.94. The summed E-state index contributed by atoms with van der Waals surface area (Å²) >= 11 is 6.12. The zero-order valence-corrected chi connectivity index (χ0v) is 9.35. The smallest absolute Gasteiger partial charge is 0.287 e. The summed E-state index contributed by atoms with van der Waals surface area (Å²) in [5.41, 5.74) is 1.08. The van der Waals surface area contributed by atoms with Gasteiger partial charge in [-0.25, -0.2) is 0 Å². The van der Waals surface area contributed by atoms with Gasteiger partial charge in [-0.15, -0.1) is 0 Å². The predicted molar refractivity (Wildman–Crippen MR) is 55.3 cm³/mol. The monoisotopic (exact) mass is 291 g/mol. The first-order valence-corrected chi connectivity index (χ1v) is 4.95. The van der Waals surface area contributed by atoms with Gasteiger partial charge in [0.25, 0.3) is 4.82 Å². The predicted octanol–water partition coefficient (Wildman–Crippen LogP) is 3.05.